The summed E-state index contributed by atoms with van der Waals surface area (Å²) in [4.78, 5) is 15.5. The van der Waals surface area contributed by atoms with Gasteiger partial charge in [-0.3, -0.25) is 4.79 Å². The SMILES string of the molecule is C/C(=C/C(=O)NCCOc1ccc(-c2noc(C(F)(F)F)n2)cc1)c1cc2ccccc2o1. The summed E-state index contributed by atoms with van der Waals surface area (Å²) >= 11 is 0. The van der Waals surface area contributed by atoms with E-state index in [1.165, 1.54) is 18.2 Å². The summed E-state index contributed by atoms with van der Waals surface area (Å²) in [5, 5.41) is 7.01. The van der Waals surface area contributed by atoms with Crippen molar-refractivity contribution in [3.63, 3.8) is 0 Å². The number of carbonyl (C=O) groups is 1. The molecular formula is C23H18F3N3O4. The monoisotopic (exact) mass is 457 g/mol. The molecule has 0 bridgehead atoms. The smallest absolute Gasteiger partial charge is 0.471 e. The highest BCUT2D eigenvalue weighted by atomic mass is 19.4. The van der Waals surface area contributed by atoms with Gasteiger partial charge >= 0.3 is 12.1 Å². The zero-order chi connectivity index (χ0) is 23.4. The maximum absolute atomic E-state index is 12.6. The highest BCUT2D eigenvalue weighted by Gasteiger charge is 2.38. The molecule has 1 N–H and O–H groups in total. The Morgan fingerprint density at radius 2 is 1.91 bits per heavy atom. The first kappa shape index (κ1) is 22.1. The lowest BCUT2D eigenvalue weighted by Crippen LogP contribution is -2.26. The molecule has 0 saturated heterocycles. The quantitative estimate of drug-likeness (QED) is 0.307. The van der Waals surface area contributed by atoms with Gasteiger partial charge in [0.2, 0.25) is 11.7 Å². The van der Waals surface area contributed by atoms with Crippen LogP contribution in [-0.4, -0.2) is 29.2 Å². The van der Waals surface area contributed by atoms with E-state index in [-0.39, 0.29) is 24.9 Å². The number of para-hydroxylation sites is 1. The Morgan fingerprint density at radius 3 is 2.61 bits per heavy atom. The average Bonchev–Trinajstić information content (AvgIpc) is 3.44. The van der Waals surface area contributed by atoms with Crippen LogP contribution in [0.4, 0.5) is 13.2 Å². The van der Waals surface area contributed by atoms with E-state index < -0.39 is 12.1 Å². The Bertz CT molecular complexity index is 1260. The fourth-order valence-corrected chi connectivity index (χ4v) is 2.99. The van der Waals surface area contributed by atoms with Crippen LogP contribution >= 0.6 is 0 Å². The number of allylic oxidation sites excluding steroid dienone is 1. The lowest BCUT2D eigenvalue weighted by molar-refractivity contribution is -0.159. The number of aromatic nitrogens is 2. The van der Waals surface area contributed by atoms with Gasteiger partial charge in [-0.25, -0.2) is 0 Å². The lowest BCUT2D eigenvalue weighted by Gasteiger charge is -2.07. The molecule has 170 valence electrons. The molecule has 1 amide bonds. The molecule has 4 rings (SSSR count). The van der Waals surface area contributed by atoms with E-state index in [0.29, 0.717) is 22.6 Å². The van der Waals surface area contributed by atoms with Crippen LogP contribution in [-0.2, 0) is 11.0 Å². The third kappa shape index (κ3) is 5.40. The number of benzene rings is 2. The first-order chi connectivity index (χ1) is 15.8. The minimum absolute atomic E-state index is 0.173. The molecule has 0 spiro atoms. The summed E-state index contributed by atoms with van der Waals surface area (Å²) in [5.41, 5.74) is 1.79. The molecule has 0 aliphatic carbocycles. The van der Waals surface area contributed by atoms with Gasteiger partial charge in [0.1, 0.15) is 23.7 Å². The summed E-state index contributed by atoms with van der Waals surface area (Å²) in [5.74, 6) is -0.774. The molecule has 10 heteroatoms. The van der Waals surface area contributed by atoms with Gasteiger partial charge < -0.3 is 19.0 Å². The summed E-state index contributed by atoms with van der Waals surface area (Å²) in [6.07, 6.45) is -3.24. The van der Waals surface area contributed by atoms with Crippen LogP contribution in [0.1, 0.15) is 18.6 Å². The molecule has 7 nitrogen and oxygen atoms in total. The number of ether oxygens (including phenoxy) is 1. The highest BCUT2D eigenvalue weighted by molar-refractivity contribution is 5.95. The number of hydrogen-bond acceptors (Lipinski definition) is 6. The van der Waals surface area contributed by atoms with Gasteiger partial charge in [-0.1, -0.05) is 23.4 Å². The largest absolute Gasteiger partial charge is 0.492 e. The third-order valence-electron chi connectivity index (χ3n) is 4.61. The maximum Gasteiger partial charge on any atom is 0.471 e. The summed E-state index contributed by atoms with van der Waals surface area (Å²) < 4.78 is 53.2. The number of rotatable bonds is 7. The maximum atomic E-state index is 12.6. The van der Waals surface area contributed by atoms with Gasteiger partial charge in [-0.05, 0) is 48.9 Å². The van der Waals surface area contributed by atoms with E-state index in [0.717, 1.165) is 11.0 Å². The second kappa shape index (κ2) is 9.19. The molecule has 0 radical (unpaired) electrons. The van der Waals surface area contributed by atoms with Gasteiger partial charge in [0.25, 0.3) is 0 Å². The number of fused-ring (bicyclic) bond motifs is 1. The van der Waals surface area contributed by atoms with Crippen molar-refractivity contribution in [3.8, 4) is 17.1 Å². The van der Waals surface area contributed by atoms with Gasteiger partial charge in [0.15, 0.2) is 0 Å². The minimum atomic E-state index is -4.70. The van der Waals surface area contributed by atoms with E-state index in [9.17, 15) is 18.0 Å². The Balaban J connectivity index is 1.26. The van der Waals surface area contributed by atoms with E-state index in [1.807, 2.05) is 30.3 Å². The standard InChI is InChI=1S/C23H18F3N3O4/c1-14(19-13-16-4-2-3-5-18(16)32-19)12-20(30)27-10-11-31-17-8-6-15(7-9-17)21-28-22(33-29-21)23(24,25)26/h2-9,12-13H,10-11H2,1H3,(H,27,30)/b14-12-. The molecule has 0 unspecified atom stereocenters. The van der Waals surface area contributed by atoms with Crippen LogP contribution in [0.25, 0.3) is 27.9 Å². The number of nitrogens with one attached hydrogen (secondary N) is 1. The first-order valence-electron chi connectivity index (χ1n) is 9.89. The first-order valence-corrected chi connectivity index (χ1v) is 9.89. The number of furan rings is 1. The Hall–Kier alpha value is -4.08. The van der Waals surface area contributed by atoms with Gasteiger partial charge in [-0.15, -0.1) is 0 Å². The lowest BCUT2D eigenvalue weighted by atomic mass is 10.2. The average molecular weight is 457 g/mol. The second-order valence-electron chi connectivity index (χ2n) is 7.06. The highest BCUT2D eigenvalue weighted by Crippen LogP contribution is 2.29. The van der Waals surface area contributed by atoms with Crippen molar-refractivity contribution in [2.75, 3.05) is 13.2 Å². The van der Waals surface area contributed by atoms with Crippen LogP contribution < -0.4 is 10.1 Å². The fourth-order valence-electron chi connectivity index (χ4n) is 2.99. The van der Waals surface area contributed by atoms with E-state index in [1.54, 1.807) is 19.1 Å². The minimum Gasteiger partial charge on any atom is -0.492 e. The molecule has 2 aromatic heterocycles. The van der Waals surface area contributed by atoms with E-state index in [2.05, 4.69) is 20.0 Å². The Kier molecular flexibility index (Phi) is 6.16. The number of alkyl halides is 3. The number of carbonyl (C=O) groups excluding carboxylic acids is 1. The molecular weight excluding hydrogens is 439 g/mol. The van der Waals surface area contributed by atoms with Crippen LogP contribution in [0.5, 0.6) is 5.75 Å². The number of nitrogens with zero attached hydrogens (tertiary/aromatic N) is 2. The molecule has 0 saturated carbocycles. The normalized spacial score (nSPS) is 12.2. The van der Waals surface area contributed by atoms with Gasteiger partial charge in [0, 0.05) is 17.0 Å². The fraction of sp³-hybridized carbons (Fsp3) is 0.174. The molecule has 0 fully saturated rings. The predicted molar refractivity (Wildman–Crippen MR) is 113 cm³/mol. The molecule has 33 heavy (non-hydrogen) atoms. The van der Waals surface area contributed by atoms with Crippen molar-refractivity contribution in [2.24, 2.45) is 0 Å². The van der Waals surface area contributed by atoms with Gasteiger partial charge in [0.05, 0.1) is 6.54 Å². The van der Waals surface area contributed by atoms with Crippen LogP contribution in [0.3, 0.4) is 0 Å². The van der Waals surface area contributed by atoms with Crippen molar-refractivity contribution in [2.45, 2.75) is 13.1 Å². The Morgan fingerprint density at radius 1 is 1.15 bits per heavy atom. The second-order valence-corrected chi connectivity index (χ2v) is 7.06. The Labute approximate surface area is 185 Å². The zero-order valence-electron chi connectivity index (χ0n) is 17.3. The van der Waals surface area contributed by atoms with Crippen molar-refractivity contribution >= 4 is 22.4 Å². The third-order valence-corrected chi connectivity index (χ3v) is 4.61. The van der Waals surface area contributed by atoms with Crippen molar-refractivity contribution in [1.29, 1.82) is 0 Å². The van der Waals surface area contributed by atoms with Crippen LogP contribution in [0.15, 0.2) is 69.6 Å². The van der Waals surface area contributed by atoms with Crippen molar-refractivity contribution < 1.29 is 31.6 Å². The topological polar surface area (TPSA) is 90.4 Å². The summed E-state index contributed by atoms with van der Waals surface area (Å²) in [6.45, 7) is 2.24. The molecule has 2 heterocycles. The molecule has 0 aliphatic rings. The van der Waals surface area contributed by atoms with Crippen molar-refractivity contribution in [3.05, 3.63) is 72.3 Å². The van der Waals surface area contributed by atoms with Crippen molar-refractivity contribution in [1.82, 2.24) is 15.5 Å². The summed E-state index contributed by atoms with van der Waals surface area (Å²) in [6, 6.07) is 15.6. The van der Waals surface area contributed by atoms with Crippen LogP contribution in [0, 0.1) is 0 Å². The number of hydrogen-bond donors (Lipinski definition) is 1. The zero-order valence-corrected chi connectivity index (χ0v) is 17.3. The van der Waals surface area contributed by atoms with Crippen LogP contribution in [0.2, 0.25) is 0 Å². The van der Waals surface area contributed by atoms with Gasteiger partial charge in [-0.2, -0.15) is 18.2 Å². The predicted octanol–water partition coefficient (Wildman–Crippen LogP) is 5.10. The molecule has 2 aromatic carbocycles. The summed E-state index contributed by atoms with van der Waals surface area (Å²) in [7, 11) is 0. The molecule has 4 aromatic rings. The number of halogens is 3. The van der Waals surface area contributed by atoms with E-state index in [4.69, 9.17) is 9.15 Å². The number of amides is 1. The van der Waals surface area contributed by atoms with E-state index >= 15 is 0 Å². The molecule has 0 atom stereocenters. The molecule has 0 aliphatic heterocycles.